The fraction of sp³-hybridized carbons (Fsp3) is 0.467. The molecule has 1 aliphatic heterocycles. The molecule has 1 aliphatic rings. The molecule has 4 N–H and O–H groups in total. The van der Waals surface area contributed by atoms with E-state index in [1.807, 2.05) is 18.2 Å². The number of nitrogens with two attached hydrogens (primary N) is 1. The molecule has 2 amide bonds. The maximum atomic E-state index is 11.7. The van der Waals surface area contributed by atoms with Crippen LogP contribution in [0.25, 0.3) is 0 Å². The lowest BCUT2D eigenvalue weighted by Crippen LogP contribution is -2.41. The van der Waals surface area contributed by atoms with Crippen molar-refractivity contribution < 1.29 is 9.59 Å². The van der Waals surface area contributed by atoms with Crippen LogP contribution in [-0.2, 0) is 11.3 Å². The van der Waals surface area contributed by atoms with Crippen LogP contribution in [0.2, 0.25) is 0 Å². The molecule has 6 nitrogen and oxygen atoms in total. The number of piperidine rings is 1. The summed E-state index contributed by atoms with van der Waals surface area (Å²) in [7, 11) is 1.68. The van der Waals surface area contributed by atoms with E-state index in [9.17, 15) is 9.59 Å². The third-order valence-corrected chi connectivity index (χ3v) is 3.85. The predicted molar refractivity (Wildman–Crippen MR) is 80.2 cm³/mol. The van der Waals surface area contributed by atoms with Gasteiger partial charge in [-0.1, -0.05) is 12.1 Å². The Kier molecular flexibility index (Phi) is 5.30. The Morgan fingerprint density at radius 3 is 2.95 bits per heavy atom. The molecule has 6 heteroatoms. The number of carbonyl (C=O) groups is 2. The standard InChI is InChI=1S/C15H22N4O2/c1-17-14(20)13-6-3-7-19(10-13)9-11-4-2-5-12(8-11)15(21)18-16/h2,4-5,8,13H,3,6-7,9-10,16H2,1H3,(H,17,20)(H,18,21). The van der Waals surface area contributed by atoms with E-state index in [-0.39, 0.29) is 17.7 Å². The van der Waals surface area contributed by atoms with E-state index < -0.39 is 0 Å². The molecule has 0 spiro atoms. The van der Waals surface area contributed by atoms with Gasteiger partial charge >= 0.3 is 0 Å². The SMILES string of the molecule is CNC(=O)C1CCCN(Cc2cccc(C(=O)NN)c2)C1. The highest BCUT2D eigenvalue weighted by atomic mass is 16.2. The molecule has 1 aromatic carbocycles. The highest BCUT2D eigenvalue weighted by Gasteiger charge is 2.24. The quantitative estimate of drug-likeness (QED) is 0.421. The number of amides is 2. The first-order valence-corrected chi connectivity index (χ1v) is 7.18. The number of hydrogen-bond donors (Lipinski definition) is 3. The van der Waals surface area contributed by atoms with E-state index >= 15 is 0 Å². The second kappa shape index (κ2) is 7.19. The molecule has 0 bridgehead atoms. The van der Waals surface area contributed by atoms with Crippen molar-refractivity contribution >= 4 is 11.8 Å². The van der Waals surface area contributed by atoms with E-state index in [0.717, 1.165) is 38.0 Å². The fourth-order valence-electron chi connectivity index (χ4n) is 2.77. The molecular formula is C15H22N4O2. The number of hydrazine groups is 1. The molecule has 1 fully saturated rings. The summed E-state index contributed by atoms with van der Waals surface area (Å²) in [5, 5.41) is 2.72. The van der Waals surface area contributed by atoms with Gasteiger partial charge in [0.05, 0.1) is 5.92 Å². The molecule has 2 rings (SSSR count). The zero-order valence-electron chi connectivity index (χ0n) is 12.3. The van der Waals surface area contributed by atoms with Crippen molar-refractivity contribution in [2.75, 3.05) is 20.1 Å². The molecule has 114 valence electrons. The van der Waals surface area contributed by atoms with Crippen molar-refractivity contribution in [1.82, 2.24) is 15.6 Å². The Labute approximate surface area is 124 Å². The monoisotopic (exact) mass is 290 g/mol. The van der Waals surface area contributed by atoms with Crippen molar-refractivity contribution in [2.45, 2.75) is 19.4 Å². The largest absolute Gasteiger partial charge is 0.359 e. The lowest BCUT2D eigenvalue weighted by molar-refractivity contribution is -0.126. The number of rotatable bonds is 4. The van der Waals surface area contributed by atoms with Gasteiger partial charge in [0.1, 0.15) is 0 Å². The first kappa shape index (κ1) is 15.5. The zero-order valence-corrected chi connectivity index (χ0v) is 12.3. The number of benzene rings is 1. The maximum absolute atomic E-state index is 11.7. The van der Waals surface area contributed by atoms with Gasteiger partial charge in [-0.05, 0) is 37.1 Å². The van der Waals surface area contributed by atoms with E-state index in [2.05, 4.69) is 15.6 Å². The minimum atomic E-state index is -0.293. The Bertz CT molecular complexity index is 518. The first-order chi connectivity index (χ1) is 10.1. The normalized spacial score (nSPS) is 19.0. The minimum Gasteiger partial charge on any atom is -0.359 e. The van der Waals surface area contributed by atoms with Crippen molar-refractivity contribution in [2.24, 2.45) is 11.8 Å². The molecule has 0 aliphatic carbocycles. The predicted octanol–water partition coefficient (Wildman–Crippen LogP) is 0.248. The third kappa shape index (κ3) is 4.03. The highest BCUT2D eigenvalue weighted by Crippen LogP contribution is 2.19. The second-order valence-corrected chi connectivity index (χ2v) is 5.36. The molecule has 1 unspecified atom stereocenters. The smallest absolute Gasteiger partial charge is 0.265 e. The van der Waals surface area contributed by atoms with Crippen LogP contribution in [0.5, 0.6) is 0 Å². The second-order valence-electron chi connectivity index (χ2n) is 5.36. The molecule has 0 saturated carbocycles. The van der Waals surface area contributed by atoms with Crippen LogP contribution < -0.4 is 16.6 Å². The van der Waals surface area contributed by atoms with Crippen LogP contribution in [-0.4, -0.2) is 36.9 Å². The van der Waals surface area contributed by atoms with Crippen molar-refractivity contribution in [3.63, 3.8) is 0 Å². The lowest BCUT2D eigenvalue weighted by atomic mass is 9.96. The van der Waals surface area contributed by atoms with Crippen LogP contribution in [0.4, 0.5) is 0 Å². The van der Waals surface area contributed by atoms with Crippen molar-refractivity contribution in [1.29, 1.82) is 0 Å². The topological polar surface area (TPSA) is 87.5 Å². The average molecular weight is 290 g/mol. The van der Waals surface area contributed by atoms with Crippen LogP contribution in [0.3, 0.4) is 0 Å². The van der Waals surface area contributed by atoms with Gasteiger partial charge in [0.2, 0.25) is 5.91 Å². The van der Waals surface area contributed by atoms with E-state index in [1.54, 1.807) is 13.1 Å². The maximum Gasteiger partial charge on any atom is 0.265 e. The van der Waals surface area contributed by atoms with Gasteiger partial charge in [0.15, 0.2) is 0 Å². The summed E-state index contributed by atoms with van der Waals surface area (Å²) in [6.45, 7) is 2.47. The Hall–Kier alpha value is -1.92. The molecule has 1 atom stereocenters. The molecule has 1 aromatic rings. The number of carbonyl (C=O) groups excluding carboxylic acids is 2. The molecule has 1 saturated heterocycles. The number of nitrogen functional groups attached to an aromatic ring is 1. The minimum absolute atomic E-state index is 0.0549. The van der Waals surface area contributed by atoms with Crippen LogP contribution in [0.1, 0.15) is 28.8 Å². The molecule has 1 heterocycles. The summed E-state index contributed by atoms with van der Waals surface area (Å²) >= 11 is 0. The number of hydrogen-bond acceptors (Lipinski definition) is 4. The summed E-state index contributed by atoms with van der Waals surface area (Å²) in [6.07, 6.45) is 1.95. The van der Waals surface area contributed by atoms with Crippen molar-refractivity contribution in [3.05, 3.63) is 35.4 Å². The summed E-state index contributed by atoms with van der Waals surface area (Å²) < 4.78 is 0. The molecule has 21 heavy (non-hydrogen) atoms. The number of nitrogens with one attached hydrogen (secondary N) is 2. The number of likely N-dealkylation sites (tertiary alicyclic amines) is 1. The third-order valence-electron chi connectivity index (χ3n) is 3.85. The summed E-state index contributed by atoms with van der Waals surface area (Å²) in [6, 6.07) is 7.40. The van der Waals surface area contributed by atoms with Gasteiger partial charge in [-0.2, -0.15) is 0 Å². The van der Waals surface area contributed by atoms with Crippen LogP contribution in [0.15, 0.2) is 24.3 Å². The lowest BCUT2D eigenvalue weighted by Gasteiger charge is -2.31. The van der Waals surface area contributed by atoms with Crippen molar-refractivity contribution in [3.8, 4) is 0 Å². The summed E-state index contributed by atoms with van der Waals surface area (Å²) in [4.78, 5) is 25.5. The summed E-state index contributed by atoms with van der Waals surface area (Å²) in [5.74, 6) is 5.02. The Morgan fingerprint density at radius 2 is 2.24 bits per heavy atom. The van der Waals surface area contributed by atoms with E-state index in [4.69, 9.17) is 5.84 Å². The van der Waals surface area contributed by atoms with Gasteiger partial charge in [0.25, 0.3) is 5.91 Å². The highest BCUT2D eigenvalue weighted by molar-refractivity contribution is 5.93. The Morgan fingerprint density at radius 1 is 1.43 bits per heavy atom. The molecule has 0 radical (unpaired) electrons. The van der Waals surface area contributed by atoms with Gasteiger partial charge in [-0.15, -0.1) is 0 Å². The van der Waals surface area contributed by atoms with Gasteiger partial charge < -0.3 is 5.32 Å². The summed E-state index contributed by atoms with van der Waals surface area (Å²) in [5.41, 5.74) is 3.74. The van der Waals surface area contributed by atoms with Gasteiger partial charge in [0, 0.05) is 25.7 Å². The van der Waals surface area contributed by atoms with Crippen LogP contribution in [0, 0.1) is 5.92 Å². The van der Waals surface area contributed by atoms with Crippen LogP contribution >= 0.6 is 0 Å². The number of nitrogens with zero attached hydrogens (tertiary/aromatic N) is 1. The fourth-order valence-corrected chi connectivity index (χ4v) is 2.77. The van der Waals surface area contributed by atoms with Gasteiger partial charge in [-0.3, -0.25) is 19.9 Å². The van der Waals surface area contributed by atoms with E-state index in [1.165, 1.54) is 0 Å². The van der Waals surface area contributed by atoms with Gasteiger partial charge in [-0.25, -0.2) is 5.84 Å². The molecule has 0 aromatic heterocycles. The zero-order chi connectivity index (χ0) is 15.2. The van der Waals surface area contributed by atoms with E-state index in [0.29, 0.717) is 5.56 Å². The molecular weight excluding hydrogens is 268 g/mol. The first-order valence-electron chi connectivity index (χ1n) is 7.18. The average Bonchev–Trinajstić information content (AvgIpc) is 2.53. The Balaban J connectivity index is 2.01.